The van der Waals surface area contributed by atoms with E-state index in [1.54, 1.807) is 57.7 Å². The van der Waals surface area contributed by atoms with Crippen LogP contribution in [0.15, 0.2) is 71.6 Å². The molecule has 2 N–H and O–H groups in total. The van der Waals surface area contributed by atoms with Crippen molar-refractivity contribution in [3.63, 3.8) is 0 Å². The predicted octanol–water partition coefficient (Wildman–Crippen LogP) is 3.49. The number of ether oxygens (including phenoxy) is 4. The van der Waals surface area contributed by atoms with Crippen LogP contribution in [0.1, 0.15) is 23.6 Å². The molecule has 0 aliphatic rings. The molecule has 0 aliphatic heterocycles. The Balaban J connectivity index is 1.71. The highest BCUT2D eigenvalue weighted by molar-refractivity contribution is 7.89. The van der Waals surface area contributed by atoms with Crippen LogP contribution < -0.4 is 29.0 Å². The van der Waals surface area contributed by atoms with Crippen molar-refractivity contribution in [1.82, 2.24) is 10.0 Å². The van der Waals surface area contributed by atoms with Gasteiger partial charge in [-0.15, -0.1) is 0 Å². The quantitative estimate of drug-likeness (QED) is 0.349. The lowest BCUT2D eigenvalue weighted by Crippen LogP contribution is -2.34. The van der Waals surface area contributed by atoms with E-state index in [4.69, 9.17) is 18.9 Å². The molecule has 37 heavy (non-hydrogen) atoms. The monoisotopic (exact) mass is 528 g/mol. The molecule has 3 aromatic rings. The van der Waals surface area contributed by atoms with Crippen LogP contribution in [0.5, 0.6) is 23.0 Å². The lowest BCUT2D eigenvalue weighted by Gasteiger charge is -2.20. The number of rotatable bonds is 13. The minimum absolute atomic E-state index is 0.0701. The molecule has 3 aromatic carbocycles. The van der Waals surface area contributed by atoms with Crippen LogP contribution >= 0.6 is 0 Å². The van der Waals surface area contributed by atoms with Crippen LogP contribution in [-0.2, 0) is 21.2 Å². The second kappa shape index (κ2) is 13.0. The molecule has 0 radical (unpaired) electrons. The van der Waals surface area contributed by atoms with Crippen LogP contribution in [0.4, 0.5) is 0 Å². The molecule has 3 rings (SSSR count). The van der Waals surface area contributed by atoms with E-state index >= 15 is 0 Å². The first-order valence-corrected chi connectivity index (χ1v) is 13.1. The summed E-state index contributed by atoms with van der Waals surface area (Å²) in [6.07, 6.45) is 0.477. The van der Waals surface area contributed by atoms with Gasteiger partial charge in [-0.3, -0.25) is 4.79 Å². The Hall–Kier alpha value is -3.76. The SMILES string of the molecule is COc1ccc([C@@H](CC(=O)NCCc2ccc(OC)c(OC)c2)NS(=O)(=O)c2ccc(OC)cc2)cc1. The number of hydrogen-bond acceptors (Lipinski definition) is 7. The summed E-state index contributed by atoms with van der Waals surface area (Å²) in [7, 11) is 2.27. The summed E-state index contributed by atoms with van der Waals surface area (Å²) in [6.45, 7) is 0.370. The van der Waals surface area contributed by atoms with E-state index < -0.39 is 16.1 Å². The molecule has 10 heteroatoms. The number of hydrogen-bond donors (Lipinski definition) is 2. The van der Waals surface area contributed by atoms with Gasteiger partial charge in [-0.1, -0.05) is 18.2 Å². The molecule has 0 saturated heterocycles. The van der Waals surface area contributed by atoms with Gasteiger partial charge in [-0.25, -0.2) is 13.1 Å². The zero-order valence-corrected chi connectivity index (χ0v) is 22.1. The molecule has 0 spiro atoms. The molecule has 0 saturated carbocycles. The zero-order chi connectivity index (χ0) is 26.8. The first-order valence-electron chi connectivity index (χ1n) is 11.6. The summed E-state index contributed by atoms with van der Waals surface area (Å²) in [5, 5.41) is 2.87. The molecule has 0 aromatic heterocycles. The largest absolute Gasteiger partial charge is 0.497 e. The normalized spacial score (nSPS) is 11.9. The van der Waals surface area contributed by atoms with Gasteiger partial charge in [0.2, 0.25) is 15.9 Å². The standard InChI is InChI=1S/C27H32N2O7S/c1-33-21-8-6-20(7-9-21)24(29-37(31,32)23-12-10-22(34-2)11-13-23)18-27(30)28-16-15-19-5-14-25(35-3)26(17-19)36-4/h5-14,17,24,29H,15-16,18H2,1-4H3,(H,28,30)/t24-/m1/s1. The Kier molecular flexibility index (Phi) is 9.76. The third-order valence-corrected chi connectivity index (χ3v) is 7.25. The number of sulfonamides is 1. The van der Waals surface area contributed by atoms with Gasteiger partial charge in [-0.05, 0) is 66.1 Å². The third kappa shape index (κ3) is 7.61. The summed E-state index contributed by atoms with van der Waals surface area (Å²) < 4.78 is 49.8. The van der Waals surface area contributed by atoms with E-state index in [-0.39, 0.29) is 17.2 Å². The van der Waals surface area contributed by atoms with E-state index in [2.05, 4.69) is 10.0 Å². The van der Waals surface area contributed by atoms with Gasteiger partial charge < -0.3 is 24.3 Å². The number of amides is 1. The Morgan fingerprint density at radius 3 is 1.95 bits per heavy atom. The Morgan fingerprint density at radius 1 is 0.784 bits per heavy atom. The molecule has 1 atom stereocenters. The minimum atomic E-state index is -3.91. The first kappa shape index (κ1) is 27.8. The van der Waals surface area contributed by atoms with Crippen molar-refractivity contribution < 1.29 is 32.2 Å². The van der Waals surface area contributed by atoms with Crippen LogP contribution in [0.3, 0.4) is 0 Å². The molecule has 1 amide bonds. The second-order valence-electron chi connectivity index (χ2n) is 8.12. The van der Waals surface area contributed by atoms with Gasteiger partial charge in [0.05, 0.1) is 39.4 Å². The van der Waals surface area contributed by atoms with Crippen molar-refractivity contribution in [3.05, 3.63) is 77.9 Å². The fourth-order valence-electron chi connectivity index (χ4n) is 3.71. The minimum Gasteiger partial charge on any atom is -0.497 e. The number of carbonyl (C=O) groups excluding carboxylic acids is 1. The molecule has 0 heterocycles. The van der Waals surface area contributed by atoms with Gasteiger partial charge in [0, 0.05) is 13.0 Å². The van der Waals surface area contributed by atoms with Crippen LogP contribution in [0, 0.1) is 0 Å². The molecule has 0 unspecified atom stereocenters. The van der Waals surface area contributed by atoms with Gasteiger partial charge in [0.25, 0.3) is 0 Å². The first-order chi connectivity index (χ1) is 17.8. The number of nitrogens with one attached hydrogen (secondary N) is 2. The molecule has 9 nitrogen and oxygen atoms in total. The van der Waals surface area contributed by atoms with E-state index in [1.807, 2.05) is 18.2 Å². The lowest BCUT2D eigenvalue weighted by molar-refractivity contribution is -0.121. The van der Waals surface area contributed by atoms with E-state index in [0.29, 0.717) is 41.5 Å². The van der Waals surface area contributed by atoms with Crippen LogP contribution in [0.2, 0.25) is 0 Å². The number of methoxy groups -OCH3 is 4. The summed E-state index contributed by atoms with van der Waals surface area (Å²) in [4.78, 5) is 12.9. The summed E-state index contributed by atoms with van der Waals surface area (Å²) >= 11 is 0. The fourth-order valence-corrected chi connectivity index (χ4v) is 4.94. The smallest absolute Gasteiger partial charge is 0.241 e. The highest BCUT2D eigenvalue weighted by atomic mass is 32.2. The van der Waals surface area contributed by atoms with Crippen molar-refractivity contribution in [2.45, 2.75) is 23.8 Å². The fraction of sp³-hybridized carbons (Fsp3) is 0.296. The summed E-state index contributed by atoms with van der Waals surface area (Å²) in [5.74, 6) is 2.11. The maximum atomic E-state index is 13.1. The zero-order valence-electron chi connectivity index (χ0n) is 21.3. The van der Waals surface area contributed by atoms with Gasteiger partial charge >= 0.3 is 0 Å². The maximum Gasteiger partial charge on any atom is 0.241 e. The number of carbonyl (C=O) groups is 1. The van der Waals surface area contributed by atoms with Gasteiger partial charge in [0.15, 0.2) is 11.5 Å². The molecule has 0 bridgehead atoms. The Morgan fingerprint density at radius 2 is 1.38 bits per heavy atom. The topological polar surface area (TPSA) is 112 Å². The van der Waals surface area contributed by atoms with Crippen molar-refractivity contribution in [1.29, 1.82) is 0 Å². The van der Waals surface area contributed by atoms with Crippen molar-refractivity contribution >= 4 is 15.9 Å². The number of benzene rings is 3. The van der Waals surface area contributed by atoms with Crippen molar-refractivity contribution in [2.75, 3.05) is 35.0 Å². The lowest BCUT2D eigenvalue weighted by atomic mass is 10.0. The molecule has 0 aliphatic carbocycles. The summed E-state index contributed by atoms with van der Waals surface area (Å²) in [5.41, 5.74) is 1.60. The molecular formula is C27H32N2O7S. The van der Waals surface area contributed by atoms with E-state index in [1.165, 1.54) is 19.2 Å². The van der Waals surface area contributed by atoms with E-state index in [9.17, 15) is 13.2 Å². The summed E-state index contributed by atoms with van der Waals surface area (Å²) in [6, 6.07) is 17.7. The average Bonchev–Trinajstić information content (AvgIpc) is 2.92. The second-order valence-corrected chi connectivity index (χ2v) is 9.83. The van der Waals surface area contributed by atoms with Crippen molar-refractivity contribution in [3.8, 4) is 23.0 Å². The molecule has 198 valence electrons. The molecule has 0 fully saturated rings. The predicted molar refractivity (Wildman–Crippen MR) is 140 cm³/mol. The van der Waals surface area contributed by atoms with Crippen LogP contribution in [-0.4, -0.2) is 49.3 Å². The van der Waals surface area contributed by atoms with E-state index in [0.717, 1.165) is 5.56 Å². The highest BCUT2D eigenvalue weighted by Gasteiger charge is 2.24. The molecular weight excluding hydrogens is 496 g/mol. The van der Waals surface area contributed by atoms with Crippen LogP contribution in [0.25, 0.3) is 0 Å². The Labute approximate surface area is 217 Å². The van der Waals surface area contributed by atoms with Gasteiger partial charge in [0.1, 0.15) is 11.5 Å². The highest BCUT2D eigenvalue weighted by Crippen LogP contribution is 2.28. The third-order valence-electron chi connectivity index (χ3n) is 5.76. The maximum absolute atomic E-state index is 13.1. The average molecular weight is 529 g/mol. The van der Waals surface area contributed by atoms with Gasteiger partial charge in [-0.2, -0.15) is 0 Å². The van der Waals surface area contributed by atoms with Crippen molar-refractivity contribution in [2.24, 2.45) is 0 Å². The Bertz CT molecular complexity index is 1280.